The molecule has 6 nitrogen and oxygen atoms in total. The Kier molecular flexibility index (Phi) is 9.96. The molecule has 0 unspecified atom stereocenters. The van der Waals surface area contributed by atoms with Crippen LogP contribution in [-0.4, -0.2) is 13.4 Å². The van der Waals surface area contributed by atoms with Gasteiger partial charge in [-0.3, -0.25) is 0 Å². The van der Waals surface area contributed by atoms with Crippen molar-refractivity contribution < 1.29 is 8.83 Å². The minimum atomic E-state index is -0.225. The summed E-state index contributed by atoms with van der Waals surface area (Å²) < 4.78 is 14.9. The lowest BCUT2D eigenvalue weighted by Crippen LogP contribution is -2.65. The van der Waals surface area contributed by atoms with E-state index in [4.69, 9.17) is 8.83 Å². The Hall–Kier alpha value is -8.61. The van der Waals surface area contributed by atoms with Gasteiger partial charge in [-0.25, -0.2) is 0 Å². The molecule has 11 aromatic rings. The van der Waals surface area contributed by atoms with Crippen LogP contribution in [0.5, 0.6) is 0 Å². The Labute approximate surface area is 456 Å². The van der Waals surface area contributed by atoms with E-state index in [9.17, 15) is 0 Å². The van der Waals surface area contributed by atoms with Gasteiger partial charge in [0.15, 0.2) is 0 Å². The van der Waals surface area contributed by atoms with Crippen LogP contribution in [0, 0.1) is 0 Å². The number of hydrogen-bond acceptors (Lipinski definition) is 6. The number of rotatable bonds is 6. The molecule has 2 aliphatic carbocycles. The van der Waals surface area contributed by atoms with E-state index in [1.807, 2.05) is 0 Å². The van der Waals surface area contributed by atoms with Crippen molar-refractivity contribution in [2.75, 3.05) is 19.6 Å². The largest absolute Gasteiger partial charge is 0.468 e. The second kappa shape index (κ2) is 17.5. The molecule has 17 rings (SSSR count). The van der Waals surface area contributed by atoms with Crippen LogP contribution in [0.3, 0.4) is 0 Å². The van der Waals surface area contributed by atoms with Gasteiger partial charge < -0.3 is 28.4 Å². The summed E-state index contributed by atoms with van der Waals surface area (Å²) in [4.78, 5) is 10.3. The molecule has 374 valence electrons. The molecule has 2 saturated carbocycles. The maximum absolute atomic E-state index is 7.44. The van der Waals surface area contributed by atoms with Crippen molar-refractivity contribution in [3.05, 3.63) is 217 Å². The smallest absolute Gasteiger partial charge is 0.297 e. The molecule has 0 amide bonds. The van der Waals surface area contributed by atoms with E-state index < -0.39 is 0 Å². The highest BCUT2D eigenvalue weighted by Crippen LogP contribution is 2.53. The molecule has 6 aliphatic rings. The Bertz CT molecular complexity index is 3900. The number of nitrogens with zero attached hydrogens (tertiary/aromatic N) is 4. The number of hydrogen-bond donors (Lipinski definition) is 0. The third-order valence-electron chi connectivity index (χ3n) is 18.5. The van der Waals surface area contributed by atoms with Crippen molar-refractivity contribution in [3.8, 4) is 0 Å². The quantitative estimate of drug-likeness (QED) is 0.155. The van der Waals surface area contributed by atoms with Crippen molar-refractivity contribution in [2.45, 2.75) is 76.0 Å². The monoisotopic (exact) mass is 1010 g/mol. The summed E-state index contributed by atoms with van der Waals surface area (Å²) in [5.41, 5.74) is 25.7. The average Bonchev–Trinajstić information content (AvgIpc) is 4.26. The van der Waals surface area contributed by atoms with Gasteiger partial charge in [-0.15, -0.1) is 0 Å². The van der Waals surface area contributed by atoms with Gasteiger partial charge in [0.25, 0.3) is 13.4 Å². The van der Waals surface area contributed by atoms with Crippen LogP contribution >= 0.6 is 0 Å². The zero-order chi connectivity index (χ0) is 51.0. The van der Waals surface area contributed by atoms with Crippen molar-refractivity contribution in [2.24, 2.45) is 0 Å². The Morgan fingerprint density at radius 2 is 0.654 bits per heavy atom. The van der Waals surface area contributed by atoms with Crippen molar-refractivity contribution in [3.63, 3.8) is 0 Å². The minimum absolute atomic E-state index is 0.225. The molecule has 0 N–H and O–H groups in total. The lowest BCUT2D eigenvalue weighted by molar-refractivity contribution is 0.444. The highest BCUT2D eigenvalue weighted by atomic mass is 16.3. The molecule has 0 spiro atoms. The number of anilines is 12. The van der Waals surface area contributed by atoms with Gasteiger partial charge >= 0.3 is 0 Å². The van der Waals surface area contributed by atoms with Gasteiger partial charge in [0, 0.05) is 67.6 Å². The van der Waals surface area contributed by atoms with E-state index in [-0.39, 0.29) is 13.4 Å². The molecule has 9 aromatic carbocycles. The highest BCUT2D eigenvalue weighted by Gasteiger charge is 2.52. The Morgan fingerprint density at radius 1 is 0.321 bits per heavy atom. The van der Waals surface area contributed by atoms with Crippen molar-refractivity contribution in [1.82, 2.24) is 0 Å². The van der Waals surface area contributed by atoms with E-state index in [2.05, 4.69) is 226 Å². The summed E-state index contributed by atoms with van der Waals surface area (Å²) in [5.74, 6) is 0.942. The maximum atomic E-state index is 7.44. The van der Waals surface area contributed by atoms with E-state index in [1.165, 1.54) is 131 Å². The minimum Gasteiger partial charge on any atom is -0.468 e. The van der Waals surface area contributed by atoms with Gasteiger partial charge in [-0.2, -0.15) is 0 Å². The van der Waals surface area contributed by atoms with E-state index in [0.717, 1.165) is 67.4 Å². The predicted molar refractivity (Wildman–Crippen MR) is 326 cm³/mol. The molecule has 2 fully saturated rings. The molecule has 8 heteroatoms. The van der Waals surface area contributed by atoms with Gasteiger partial charge in [0.05, 0.1) is 22.7 Å². The first kappa shape index (κ1) is 44.5. The fraction of sp³-hybridized carbons (Fsp3) is 0.171. The predicted octanol–water partition coefficient (Wildman–Crippen LogP) is 15.4. The third-order valence-corrected chi connectivity index (χ3v) is 18.5. The molecule has 4 aliphatic heterocycles. The van der Waals surface area contributed by atoms with Crippen LogP contribution in [0.1, 0.15) is 87.2 Å². The zero-order valence-corrected chi connectivity index (χ0v) is 43.6. The van der Waals surface area contributed by atoms with Gasteiger partial charge in [-0.1, -0.05) is 142 Å². The molecule has 0 atom stereocenters. The van der Waals surface area contributed by atoms with E-state index in [1.54, 1.807) is 0 Å². The lowest BCUT2D eigenvalue weighted by atomic mass is 9.32. The third kappa shape index (κ3) is 6.52. The summed E-state index contributed by atoms with van der Waals surface area (Å²) in [6.07, 6.45) is 12.4. The summed E-state index contributed by atoms with van der Waals surface area (Å²) in [6, 6.07) is 77.3. The number of para-hydroxylation sites is 6. The summed E-state index contributed by atoms with van der Waals surface area (Å²) in [7, 11) is 0. The number of benzene rings is 9. The molecule has 0 bridgehead atoms. The summed E-state index contributed by atoms with van der Waals surface area (Å²) in [6.45, 7) is -0.449. The molecule has 78 heavy (non-hydrogen) atoms. The summed E-state index contributed by atoms with van der Waals surface area (Å²) >= 11 is 0. The van der Waals surface area contributed by atoms with Crippen LogP contribution in [0.25, 0.3) is 21.9 Å². The number of fused-ring (bicyclic) bond motifs is 12. The normalized spacial score (nSPS) is 16.5. The van der Waals surface area contributed by atoms with Crippen LogP contribution in [0.15, 0.2) is 215 Å². The van der Waals surface area contributed by atoms with Crippen LogP contribution < -0.4 is 52.8 Å². The van der Waals surface area contributed by atoms with Gasteiger partial charge in [0.1, 0.15) is 11.2 Å². The maximum Gasteiger partial charge on any atom is 0.297 e. The fourth-order valence-electron chi connectivity index (χ4n) is 15.1. The second-order valence-electron chi connectivity index (χ2n) is 22.8. The van der Waals surface area contributed by atoms with E-state index >= 15 is 0 Å². The molecule has 6 heterocycles. The van der Waals surface area contributed by atoms with Gasteiger partial charge in [0.2, 0.25) is 0 Å². The SMILES string of the molecule is c1ccc(N2c3cc4c(cc3B3c5oc6ccccc6c5N(c5ccccc5)c5cc(C6CCCCC6)cc2c53)B2c3oc5ccccc5c3N(c3ccccc3)c3cc(C5CCCCC5)cc(c32)N4c2ccccc2)cc1. The van der Waals surface area contributed by atoms with E-state index in [0.29, 0.717) is 11.8 Å². The topological polar surface area (TPSA) is 39.2 Å². The first-order valence-electron chi connectivity index (χ1n) is 28.7. The van der Waals surface area contributed by atoms with Crippen LogP contribution in [0.4, 0.5) is 68.2 Å². The zero-order valence-electron chi connectivity index (χ0n) is 43.6. The Balaban J connectivity index is 1.01. The van der Waals surface area contributed by atoms with Gasteiger partial charge in [-0.05, 0) is 174 Å². The molecule has 2 aromatic heterocycles. The lowest BCUT2D eigenvalue weighted by Gasteiger charge is -2.46. The fourth-order valence-corrected chi connectivity index (χ4v) is 15.1. The highest BCUT2D eigenvalue weighted by molar-refractivity contribution is 7.02. The first-order valence-corrected chi connectivity index (χ1v) is 28.7. The molecule has 0 saturated heterocycles. The Morgan fingerprint density at radius 3 is 1.04 bits per heavy atom. The van der Waals surface area contributed by atoms with Crippen LogP contribution in [0.2, 0.25) is 0 Å². The number of furan rings is 2. The van der Waals surface area contributed by atoms with Crippen LogP contribution in [-0.2, 0) is 0 Å². The first-order chi connectivity index (χ1) is 38.7. The molecular formula is C70H56B2N4O2. The van der Waals surface area contributed by atoms with Crippen molar-refractivity contribution >= 4 is 137 Å². The van der Waals surface area contributed by atoms with Crippen molar-refractivity contribution in [1.29, 1.82) is 0 Å². The summed E-state index contributed by atoms with van der Waals surface area (Å²) in [5, 5.41) is 2.25. The molecule has 0 radical (unpaired) electrons. The molecular weight excluding hydrogens is 950 g/mol. The standard InChI is InChI=1S/C70H56B2N4O2/c1-7-23-45(24-8-1)47-39-59-65-61(41-47)75(51-31-15-5-16-32-51)67-53-35-19-21-37-63(53)77-69(67)71(65)55-43-56-58(44-57(55)73(59)49-27-11-3-12-28-49)74(50-29-13-4-14-30-50)60-40-48(46-25-9-2-10-26-46)42-62-66(60)72(56)70-68(54-36-20-22-38-64(54)78-70)76(62)52-33-17-6-18-34-52/h3-6,11-22,27-46H,1-2,7-10,23-26H2. The second-order valence-corrected chi connectivity index (χ2v) is 22.8. The average molecular weight is 1010 g/mol.